The molecule has 0 radical (unpaired) electrons. The first-order valence-electron chi connectivity index (χ1n) is 4.05. The summed E-state index contributed by atoms with van der Waals surface area (Å²) in [5.41, 5.74) is 4.67. The van der Waals surface area contributed by atoms with E-state index in [1.807, 2.05) is 0 Å². The molecule has 0 aliphatic carbocycles. The molecule has 1 aliphatic rings. The maximum Gasteiger partial charge on any atom is 0.196 e. The van der Waals surface area contributed by atoms with Crippen LogP contribution in [0.2, 0.25) is 0 Å². The van der Waals surface area contributed by atoms with E-state index in [1.54, 1.807) is 13.8 Å². The van der Waals surface area contributed by atoms with Gasteiger partial charge >= 0.3 is 0 Å². The zero-order chi connectivity index (χ0) is 10.1. The van der Waals surface area contributed by atoms with Crippen LogP contribution in [0.25, 0.3) is 0 Å². The van der Waals surface area contributed by atoms with Crippen molar-refractivity contribution in [3.8, 4) is 0 Å². The molecule has 13 heavy (non-hydrogen) atoms. The van der Waals surface area contributed by atoms with Gasteiger partial charge in [-0.25, -0.2) is 8.42 Å². The Bertz CT molecular complexity index is 319. The highest BCUT2D eigenvalue weighted by Crippen LogP contribution is 2.24. The summed E-state index contributed by atoms with van der Waals surface area (Å²) in [6.07, 6.45) is 0.329. The minimum atomic E-state index is -3.28. The Morgan fingerprint density at radius 2 is 2.23 bits per heavy atom. The summed E-state index contributed by atoms with van der Waals surface area (Å²) in [5.74, 6) is -0.0642. The minimum Gasteiger partial charge on any atom is -0.389 e. The Morgan fingerprint density at radius 1 is 1.62 bits per heavy atom. The number of sulfone groups is 1. The second-order valence-electron chi connectivity index (χ2n) is 3.62. The van der Waals surface area contributed by atoms with Gasteiger partial charge in [0.05, 0.1) is 5.75 Å². The Balaban J connectivity index is 2.77. The highest BCUT2D eigenvalue weighted by Gasteiger charge is 2.35. The van der Waals surface area contributed by atoms with Gasteiger partial charge in [0.1, 0.15) is 5.60 Å². The van der Waals surface area contributed by atoms with Crippen LogP contribution in [0.4, 0.5) is 0 Å². The fourth-order valence-corrected chi connectivity index (χ4v) is 2.31. The van der Waals surface area contributed by atoms with Crippen LogP contribution >= 0.6 is 0 Å². The average molecular weight is 206 g/mol. The predicted molar refractivity (Wildman–Crippen MR) is 50.1 cm³/mol. The summed E-state index contributed by atoms with van der Waals surface area (Å²) in [7, 11) is -3.28. The molecule has 76 valence electrons. The van der Waals surface area contributed by atoms with Crippen molar-refractivity contribution in [1.82, 2.24) is 0 Å². The second kappa shape index (κ2) is 3.26. The van der Waals surface area contributed by atoms with Gasteiger partial charge in [0.2, 0.25) is 0 Å². The van der Waals surface area contributed by atoms with Crippen LogP contribution in [0.1, 0.15) is 20.3 Å². The molecule has 0 unspecified atom stereocenters. The van der Waals surface area contributed by atoms with Crippen molar-refractivity contribution in [2.45, 2.75) is 25.9 Å². The molecule has 6 heteroatoms. The molecule has 2 N–H and O–H groups in total. The van der Waals surface area contributed by atoms with Gasteiger partial charge in [0.15, 0.2) is 14.9 Å². The molecule has 0 spiro atoms. The number of nitrogens with two attached hydrogens (primary N) is 1. The van der Waals surface area contributed by atoms with Crippen molar-refractivity contribution in [2.24, 2.45) is 10.9 Å². The summed E-state index contributed by atoms with van der Waals surface area (Å²) >= 11 is 0. The van der Waals surface area contributed by atoms with Gasteiger partial charge in [0.25, 0.3) is 0 Å². The number of hydrogen-bond donors (Lipinski definition) is 1. The van der Waals surface area contributed by atoms with Crippen LogP contribution in [0.3, 0.4) is 0 Å². The van der Waals surface area contributed by atoms with Crippen LogP contribution in [0.5, 0.6) is 0 Å². The first-order valence-corrected chi connectivity index (χ1v) is 5.70. The Kier molecular flexibility index (Phi) is 2.63. The van der Waals surface area contributed by atoms with E-state index in [1.165, 1.54) is 0 Å². The first kappa shape index (κ1) is 10.5. The predicted octanol–water partition coefficient (Wildman–Crippen LogP) is -0.128. The number of rotatable bonds is 2. The van der Waals surface area contributed by atoms with Gasteiger partial charge in [-0.1, -0.05) is 5.16 Å². The third-order valence-electron chi connectivity index (χ3n) is 1.72. The van der Waals surface area contributed by atoms with Gasteiger partial charge in [-0.2, -0.15) is 0 Å². The lowest BCUT2D eigenvalue weighted by atomic mass is 10.1. The summed E-state index contributed by atoms with van der Waals surface area (Å²) < 4.78 is 22.9. The number of nitrogens with zero attached hydrogens (tertiary/aromatic N) is 1. The SMILES string of the molecule is CC1(C)CC(S(=O)(=O)CCN)=NO1. The van der Waals surface area contributed by atoms with Crippen molar-refractivity contribution in [1.29, 1.82) is 0 Å². The lowest BCUT2D eigenvalue weighted by Crippen LogP contribution is -2.26. The fourth-order valence-electron chi connectivity index (χ4n) is 1.04. The van der Waals surface area contributed by atoms with E-state index in [2.05, 4.69) is 5.16 Å². The van der Waals surface area contributed by atoms with E-state index in [-0.39, 0.29) is 17.3 Å². The van der Waals surface area contributed by atoms with E-state index in [0.717, 1.165) is 0 Å². The molecular weight excluding hydrogens is 192 g/mol. The first-order chi connectivity index (χ1) is 5.87. The smallest absolute Gasteiger partial charge is 0.196 e. The highest BCUT2D eigenvalue weighted by atomic mass is 32.2. The molecule has 0 saturated heterocycles. The quantitative estimate of drug-likeness (QED) is 0.682. The highest BCUT2D eigenvalue weighted by molar-refractivity contribution is 8.06. The molecule has 0 aromatic carbocycles. The molecule has 0 amide bonds. The monoisotopic (exact) mass is 206 g/mol. The van der Waals surface area contributed by atoms with Crippen molar-refractivity contribution in [3.63, 3.8) is 0 Å². The van der Waals surface area contributed by atoms with E-state index < -0.39 is 15.4 Å². The number of hydrogen-bond acceptors (Lipinski definition) is 5. The molecule has 0 fully saturated rings. The maximum absolute atomic E-state index is 11.4. The van der Waals surface area contributed by atoms with Crippen molar-refractivity contribution in [2.75, 3.05) is 12.3 Å². The van der Waals surface area contributed by atoms with E-state index in [0.29, 0.717) is 6.42 Å². The van der Waals surface area contributed by atoms with Gasteiger partial charge < -0.3 is 10.6 Å². The second-order valence-corrected chi connectivity index (χ2v) is 5.73. The molecular formula is C7H14N2O3S. The molecule has 0 aromatic rings. The molecule has 0 bridgehead atoms. The van der Waals surface area contributed by atoms with Crippen LogP contribution in [-0.2, 0) is 14.7 Å². The zero-order valence-corrected chi connectivity index (χ0v) is 8.60. The zero-order valence-electron chi connectivity index (χ0n) is 7.78. The summed E-state index contributed by atoms with van der Waals surface area (Å²) in [4.78, 5) is 4.95. The average Bonchev–Trinajstić information content (AvgIpc) is 2.30. The van der Waals surface area contributed by atoms with Crippen LogP contribution < -0.4 is 5.73 Å². The Hall–Kier alpha value is -0.620. The van der Waals surface area contributed by atoms with Crippen molar-refractivity contribution >= 4 is 14.9 Å². The summed E-state index contributed by atoms with van der Waals surface area (Å²) in [6, 6.07) is 0. The molecule has 0 aromatic heterocycles. The molecule has 1 aliphatic heterocycles. The van der Waals surface area contributed by atoms with E-state index >= 15 is 0 Å². The van der Waals surface area contributed by atoms with Crippen LogP contribution in [0.15, 0.2) is 5.16 Å². The lowest BCUT2D eigenvalue weighted by molar-refractivity contribution is 0.0123. The van der Waals surface area contributed by atoms with Gasteiger partial charge in [0, 0.05) is 13.0 Å². The van der Waals surface area contributed by atoms with Crippen LogP contribution in [0, 0.1) is 0 Å². The Morgan fingerprint density at radius 3 is 2.62 bits per heavy atom. The van der Waals surface area contributed by atoms with Gasteiger partial charge in [-0.15, -0.1) is 0 Å². The van der Waals surface area contributed by atoms with E-state index in [4.69, 9.17) is 10.6 Å². The van der Waals surface area contributed by atoms with Crippen molar-refractivity contribution < 1.29 is 13.3 Å². The summed E-state index contributed by atoms with van der Waals surface area (Å²) in [6.45, 7) is 3.70. The minimum absolute atomic E-state index is 0.0642. The molecule has 1 heterocycles. The molecule has 1 rings (SSSR count). The topological polar surface area (TPSA) is 81.8 Å². The van der Waals surface area contributed by atoms with E-state index in [9.17, 15) is 8.42 Å². The standard InChI is InChI=1S/C7H14N2O3S/c1-7(2)5-6(9-12-7)13(10,11)4-3-8/h3-5,8H2,1-2H3. The maximum atomic E-state index is 11.4. The van der Waals surface area contributed by atoms with Gasteiger partial charge in [-0.05, 0) is 13.8 Å². The van der Waals surface area contributed by atoms with Crippen LogP contribution in [-0.4, -0.2) is 31.4 Å². The third kappa shape index (κ3) is 2.41. The van der Waals surface area contributed by atoms with Gasteiger partial charge in [-0.3, -0.25) is 0 Å². The molecule has 0 atom stereocenters. The molecule has 0 saturated carbocycles. The lowest BCUT2D eigenvalue weighted by Gasteiger charge is -2.12. The summed E-state index contributed by atoms with van der Waals surface area (Å²) in [5, 5.41) is 3.67. The Labute approximate surface area is 77.9 Å². The largest absolute Gasteiger partial charge is 0.389 e. The third-order valence-corrected chi connectivity index (χ3v) is 3.43. The normalized spacial score (nSPS) is 21.0. The van der Waals surface area contributed by atoms with Crippen molar-refractivity contribution in [3.05, 3.63) is 0 Å². The number of oxime groups is 1. The fraction of sp³-hybridized carbons (Fsp3) is 0.857. The molecule has 5 nitrogen and oxygen atoms in total.